The van der Waals surface area contributed by atoms with Gasteiger partial charge in [0.25, 0.3) is 5.56 Å². The number of rotatable bonds is 4. The summed E-state index contributed by atoms with van der Waals surface area (Å²) < 4.78 is 7.14. The van der Waals surface area contributed by atoms with Crippen molar-refractivity contribution in [1.29, 1.82) is 0 Å². The van der Waals surface area contributed by atoms with E-state index < -0.39 is 12.0 Å². The zero-order chi connectivity index (χ0) is 21.4. The van der Waals surface area contributed by atoms with E-state index in [0.717, 1.165) is 4.88 Å². The molecule has 30 heavy (non-hydrogen) atoms. The topological polar surface area (TPSA) is 80.9 Å². The van der Waals surface area contributed by atoms with Gasteiger partial charge in [0.15, 0.2) is 4.80 Å². The summed E-state index contributed by atoms with van der Waals surface area (Å²) >= 11 is 8.68. The number of phenols is 1. The van der Waals surface area contributed by atoms with Gasteiger partial charge in [-0.3, -0.25) is 9.36 Å². The minimum atomic E-state index is -0.615. The summed E-state index contributed by atoms with van der Waals surface area (Å²) in [6, 6.07) is 7.77. The summed E-state index contributed by atoms with van der Waals surface area (Å²) in [6.45, 7) is 3.71. The Morgan fingerprint density at radius 3 is 2.90 bits per heavy atom. The standard InChI is InChI=1S/C21H17ClN2O4S2/c1-3-28-20(27)17-11(2)23-21-24(18(17)15-5-4-8-29-15)19(26)16(30-21)10-12-9-13(22)6-7-14(12)25/h4-10,18,25H,3H2,1-2H3/t18-/m0/s1. The van der Waals surface area contributed by atoms with Gasteiger partial charge in [0.1, 0.15) is 11.8 Å². The maximum atomic E-state index is 13.3. The first-order chi connectivity index (χ1) is 14.4. The molecule has 1 aromatic carbocycles. The number of fused-ring (bicyclic) bond motifs is 1. The number of carbonyl (C=O) groups excluding carboxylic acids is 1. The van der Waals surface area contributed by atoms with Crippen LogP contribution in [0, 0.1) is 0 Å². The van der Waals surface area contributed by atoms with Crippen molar-refractivity contribution in [2.45, 2.75) is 19.9 Å². The van der Waals surface area contributed by atoms with Gasteiger partial charge in [-0.25, -0.2) is 9.79 Å². The lowest BCUT2D eigenvalue weighted by Crippen LogP contribution is -2.39. The summed E-state index contributed by atoms with van der Waals surface area (Å²) in [6.07, 6.45) is 1.58. The van der Waals surface area contributed by atoms with Gasteiger partial charge < -0.3 is 9.84 Å². The number of ether oxygens (including phenoxy) is 1. The van der Waals surface area contributed by atoms with E-state index in [1.807, 2.05) is 17.5 Å². The normalized spacial score (nSPS) is 16.4. The molecule has 1 N–H and O–H groups in total. The predicted octanol–water partition coefficient (Wildman–Crippen LogP) is 3.22. The molecule has 0 saturated heterocycles. The molecule has 1 aliphatic heterocycles. The number of benzene rings is 1. The molecule has 0 fully saturated rings. The minimum absolute atomic E-state index is 0.0171. The van der Waals surface area contributed by atoms with Crippen LogP contribution in [0.5, 0.6) is 5.75 Å². The maximum absolute atomic E-state index is 13.3. The number of hydrogen-bond acceptors (Lipinski definition) is 7. The van der Waals surface area contributed by atoms with E-state index in [-0.39, 0.29) is 17.9 Å². The van der Waals surface area contributed by atoms with Crippen molar-refractivity contribution < 1.29 is 14.6 Å². The number of aromatic nitrogens is 1. The highest BCUT2D eigenvalue weighted by Crippen LogP contribution is 2.33. The molecule has 3 heterocycles. The van der Waals surface area contributed by atoms with Gasteiger partial charge >= 0.3 is 5.97 Å². The smallest absolute Gasteiger partial charge is 0.338 e. The summed E-state index contributed by atoms with van der Waals surface area (Å²) in [4.78, 5) is 31.9. The SMILES string of the molecule is CCOC(=O)C1=C(C)N=c2sc(=Cc3cc(Cl)ccc3O)c(=O)n2[C@H]1c1cccs1. The van der Waals surface area contributed by atoms with Crippen molar-refractivity contribution in [2.24, 2.45) is 4.99 Å². The van der Waals surface area contributed by atoms with E-state index in [1.165, 1.54) is 33.3 Å². The highest BCUT2D eigenvalue weighted by atomic mass is 35.5. The van der Waals surface area contributed by atoms with Crippen LogP contribution in [0.25, 0.3) is 6.08 Å². The Morgan fingerprint density at radius 1 is 1.40 bits per heavy atom. The van der Waals surface area contributed by atoms with E-state index >= 15 is 0 Å². The monoisotopic (exact) mass is 460 g/mol. The molecule has 9 heteroatoms. The summed E-state index contributed by atoms with van der Waals surface area (Å²) in [5.74, 6) is -0.470. The minimum Gasteiger partial charge on any atom is -0.507 e. The number of phenolic OH excluding ortho intramolecular Hbond substituents is 1. The molecular formula is C21H17ClN2O4S2. The second kappa shape index (κ2) is 8.22. The van der Waals surface area contributed by atoms with Crippen LogP contribution in [0.15, 0.2) is 56.8 Å². The molecule has 0 radical (unpaired) electrons. The Hall–Kier alpha value is -2.68. The first-order valence-electron chi connectivity index (χ1n) is 9.12. The van der Waals surface area contributed by atoms with Crippen molar-refractivity contribution in [1.82, 2.24) is 4.57 Å². The van der Waals surface area contributed by atoms with Gasteiger partial charge in [-0.15, -0.1) is 11.3 Å². The molecule has 3 aromatic rings. The van der Waals surface area contributed by atoms with Crippen molar-refractivity contribution in [2.75, 3.05) is 6.61 Å². The number of thiophene rings is 1. The Labute approximate surface area is 184 Å². The number of hydrogen-bond donors (Lipinski definition) is 1. The van der Waals surface area contributed by atoms with E-state index in [2.05, 4.69) is 4.99 Å². The lowest BCUT2D eigenvalue weighted by Gasteiger charge is -2.23. The number of nitrogens with zero attached hydrogens (tertiary/aromatic N) is 2. The molecule has 4 rings (SSSR count). The Balaban J connectivity index is 1.96. The summed E-state index contributed by atoms with van der Waals surface area (Å²) in [5.41, 5.74) is 1.00. The van der Waals surface area contributed by atoms with Gasteiger partial charge in [0, 0.05) is 15.5 Å². The van der Waals surface area contributed by atoms with Crippen LogP contribution in [-0.4, -0.2) is 22.2 Å². The second-order valence-corrected chi connectivity index (χ2v) is 8.95. The molecule has 0 saturated carbocycles. The van der Waals surface area contributed by atoms with E-state index in [4.69, 9.17) is 16.3 Å². The quantitative estimate of drug-likeness (QED) is 0.606. The zero-order valence-electron chi connectivity index (χ0n) is 16.1. The van der Waals surface area contributed by atoms with Gasteiger partial charge in [-0.1, -0.05) is 29.0 Å². The van der Waals surface area contributed by atoms with Gasteiger partial charge in [0.2, 0.25) is 0 Å². The molecule has 1 aliphatic rings. The number of esters is 1. The molecule has 6 nitrogen and oxygen atoms in total. The zero-order valence-corrected chi connectivity index (χ0v) is 18.5. The Kier molecular flexibility index (Phi) is 5.64. The Bertz CT molecular complexity index is 1340. The third-order valence-electron chi connectivity index (χ3n) is 4.61. The van der Waals surface area contributed by atoms with E-state index in [1.54, 1.807) is 32.1 Å². The molecular weight excluding hydrogens is 444 g/mol. The van der Waals surface area contributed by atoms with Crippen LogP contribution < -0.4 is 14.9 Å². The largest absolute Gasteiger partial charge is 0.507 e. The lowest BCUT2D eigenvalue weighted by atomic mass is 10.0. The lowest BCUT2D eigenvalue weighted by molar-refractivity contribution is -0.139. The first-order valence-corrected chi connectivity index (χ1v) is 11.2. The van der Waals surface area contributed by atoms with Crippen molar-refractivity contribution in [3.05, 3.63) is 82.1 Å². The molecule has 2 aromatic heterocycles. The fourth-order valence-corrected chi connectivity index (χ4v) is 5.33. The molecule has 0 aliphatic carbocycles. The van der Waals surface area contributed by atoms with Crippen LogP contribution in [0.4, 0.5) is 0 Å². The van der Waals surface area contributed by atoms with Gasteiger partial charge in [0.05, 0.1) is 22.4 Å². The maximum Gasteiger partial charge on any atom is 0.338 e. The van der Waals surface area contributed by atoms with Crippen LogP contribution in [0.3, 0.4) is 0 Å². The Morgan fingerprint density at radius 2 is 2.20 bits per heavy atom. The predicted molar refractivity (Wildman–Crippen MR) is 118 cm³/mol. The molecule has 0 amide bonds. The number of carbonyl (C=O) groups is 1. The highest BCUT2D eigenvalue weighted by molar-refractivity contribution is 7.10. The second-order valence-electron chi connectivity index (χ2n) is 6.52. The number of halogens is 1. The molecule has 0 spiro atoms. The van der Waals surface area contributed by atoms with Gasteiger partial charge in [-0.2, -0.15) is 0 Å². The van der Waals surface area contributed by atoms with Crippen LogP contribution >= 0.6 is 34.3 Å². The fourth-order valence-electron chi connectivity index (χ4n) is 3.29. The van der Waals surface area contributed by atoms with Crippen LogP contribution in [0.1, 0.15) is 30.3 Å². The summed E-state index contributed by atoms with van der Waals surface area (Å²) in [5, 5.41) is 12.5. The molecule has 0 bridgehead atoms. The molecule has 1 atom stereocenters. The average molecular weight is 461 g/mol. The third-order valence-corrected chi connectivity index (χ3v) is 6.75. The van der Waals surface area contributed by atoms with Crippen LogP contribution in [-0.2, 0) is 9.53 Å². The van der Waals surface area contributed by atoms with Crippen LogP contribution in [0.2, 0.25) is 5.02 Å². The number of thiazole rings is 1. The molecule has 154 valence electrons. The number of allylic oxidation sites excluding steroid dienone is 1. The van der Waals surface area contributed by atoms with Gasteiger partial charge in [-0.05, 0) is 49.6 Å². The van der Waals surface area contributed by atoms with E-state index in [9.17, 15) is 14.7 Å². The van der Waals surface area contributed by atoms with Crippen molar-refractivity contribution in [3.63, 3.8) is 0 Å². The fraction of sp³-hybridized carbons (Fsp3) is 0.190. The van der Waals surface area contributed by atoms with Crippen molar-refractivity contribution in [3.8, 4) is 5.75 Å². The third kappa shape index (κ3) is 3.62. The molecule has 0 unspecified atom stereocenters. The van der Waals surface area contributed by atoms with E-state index in [0.29, 0.717) is 31.2 Å². The number of aromatic hydroxyl groups is 1. The highest BCUT2D eigenvalue weighted by Gasteiger charge is 2.33. The van der Waals surface area contributed by atoms with Crippen molar-refractivity contribution >= 4 is 46.3 Å². The average Bonchev–Trinajstić information content (AvgIpc) is 3.33. The first kappa shape index (κ1) is 20.6. The summed E-state index contributed by atoms with van der Waals surface area (Å²) in [7, 11) is 0.